The zero-order chi connectivity index (χ0) is 15.6. The second-order valence-corrected chi connectivity index (χ2v) is 4.59. The van der Waals surface area contributed by atoms with Gasteiger partial charge < -0.3 is 9.84 Å². The van der Waals surface area contributed by atoms with E-state index < -0.39 is 35.9 Å². The maximum Gasteiger partial charge on any atom is 0.330 e. The van der Waals surface area contributed by atoms with Crippen LogP contribution in [0.2, 0.25) is 0 Å². The van der Waals surface area contributed by atoms with Crippen LogP contribution in [0.15, 0.2) is 20.9 Å². The van der Waals surface area contributed by atoms with E-state index in [-0.39, 0.29) is 6.54 Å². The van der Waals surface area contributed by atoms with E-state index in [1.165, 1.54) is 6.20 Å². The third-order valence-corrected chi connectivity index (χ3v) is 3.32. The lowest BCUT2D eigenvalue weighted by Gasteiger charge is -2.16. The number of alkyl halides is 1. The number of aryl methyl sites for hydroxylation is 1. The highest BCUT2D eigenvalue weighted by molar-refractivity contribution is 5.05. The molecule has 0 aliphatic carbocycles. The van der Waals surface area contributed by atoms with Crippen LogP contribution in [0.3, 0.4) is 0 Å². The number of rotatable bonds is 4. The fourth-order valence-corrected chi connectivity index (χ4v) is 2.16. The lowest BCUT2D eigenvalue weighted by Crippen LogP contribution is -2.37. The first-order valence-electron chi connectivity index (χ1n) is 6.32. The van der Waals surface area contributed by atoms with Gasteiger partial charge in [0.05, 0.1) is 12.6 Å². The number of aliphatic hydroxyl groups is 1. The van der Waals surface area contributed by atoms with E-state index >= 15 is 0 Å². The number of H-pyrrole nitrogens is 1. The maximum atomic E-state index is 14.1. The van der Waals surface area contributed by atoms with Crippen LogP contribution >= 0.6 is 0 Å². The third-order valence-electron chi connectivity index (χ3n) is 3.32. The predicted octanol–water partition coefficient (Wildman–Crippen LogP) is 0.00570. The Morgan fingerprint density at radius 2 is 2.33 bits per heavy atom. The molecular formula is C11H14FN5O4. The first kappa shape index (κ1) is 15.2. The van der Waals surface area contributed by atoms with Gasteiger partial charge in [0.1, 0.15) is 6.10 Å². The molecule has 1 fully saturated rings. The van der Waals surface area contributed by atoms with Gasteiger partial charge in [-0.1, -0.05) is 12.0 Å². The summed E-state index contributed by atoms with van der Waals surface area (Å²) in [6.45, 7) is 1.45. The summed E-state index contributed by atoms with van der Waals surface area (Å²) >= 11 is 0. The van der Waals surface area contributed by atoms with E-state index in [2.05, 4.69) is 15.0 Å². The van der Waals surface area contributed by atoms with Gasteiger partial charge in [0.25, 0.3) is 5.56 Å². The van der Waals surface area contributed by atoms with Gasteiger partial charge in [-0.15, -0.1) is 0 Å². The third kappa shape index (κ3) is 2.82. The molecule has 1 aromatic heterocycles. The zero-order valence-corrected chi connectivity index (χ0v) is 11.1. The molecule has 0 aromatic carbocycles. The standard InChI is InChI=1S/C11H14FN5O4/c1-2-5-4-17(11(20)15-9(5)19)10-7(12)8(18)6(21-10)3-14-16-13/h4,6-8,10,18H,2-3H2,1H3,(H,15,19,20)/t6-,7-,8-,10-/m1/s1. The number of azide groups is 1. The SMILES string of the molecule is CCc1cn([C@@H]2O[C@H](CN=[N+]=[N-])[C@@H](O)[C@H]2F)c(=O)[nH]c1=O. The molecule has 0 saturated carbocycles. The molecule has 1 aliphatic rings. The van der Waals surface area contributed by atoms with Crippen LogP contribution in [0.25, 0.3) is 10.4 Å². The summed E-state index contributed by atoms with van der Waals surface area (Å²) in [5, 5.41) is 12.9. The molecule has 0 spiro atoms. The molecule has 114 valence electrons. The fourth-order valence-electron chi connectivity index (χ4n) is 2.16. The summed E-state index contributed by atoms with van der Waals surface area (Å²) in [5.41, 5.74) is 7.15. The Bertz CT molecular complexity index is 680. The van der Waals surface area contributed by atoms with Gasteiger partial charge in [0.15, 0.2) is 12.4 Å². The van der Waals surface area contributed by atoms with Crippen LogP contribution in [0.5, 0.6) is 0 Å². The molecule has 1 aromatic rings. The Morgan fingerprint density at radius 1 is 1.62 bits per heavy atom. The second-order valence-electron chi connectivity index (χ2n) is 4.59. The quantitative estimate of drug-likeness (QED) is 0.460. The molecule has 1 aliphatic heterocycles. The van der Waals surface area contributed by atoms with Crippen LogP contribution in [0, 0.1) is 0 Å². The highest BCUT2D eigenvalue weighted by Gasteiger charge is 2.45. The van der Waals surface area contributed by atoms with Crippen molar-refractivity contribution in [2.45, 2.75) is 38.0 Å². The second kappa shape index (κ2) is 6.08. The minimum Gasteiger partial charge on any atom is -0.387 e. The Labute approximate surface area is 117 Å². The van der Waals surface area contributed by atoms with Crippen molar-refractivity contribution in [3.63, 3.8) is 0 Å². The first-order chi connectivity index (χ1) is 9.99. The maximum absolute atomic E-state index is 14.1. The van der Waals surface area contributed by atoms with Gasteiger partial charge in [-0.3, -0.25) is 14.3 Å². The zero-order valence-electron chi connectivity index (χ0n) is 11.1. The van der Waals surface area contributed by atoms with Gasteiger partial charge in [-0.05, 0) is 12.0 Å². The summed E-state index contributed by atoms with van der Waals surface area (Å²) in [6, 6.07) is 0. The van der Waals surface area contributed by atoms with Crippen molar-refractivity contribution < 1.29 is 14.2 Å². The van der Waals surface area contributed by atoms with Crippen molar-refractivity contribution in [3.05, 3.63) is 43.0 Å². The Morgan fingerprint density at radius 3 is 2.95 bits per heavy atom. The van der Waals surface area contributed by atoms with Gasteiger partial charge in [0, 0.05) is 16.7 Å². The largest absolute Gasteiger partial charge is 0.387 e. The molecule has 1 saturated heterocycles. The smallest absolute Gasteiger partial charge is 0.330 e. The highest BCUT2D eigenvalue weighted by atomic mass is 19.1. The van der Waals surface area contributed by atoms with Gasteiger partial charge in [-0.2, -0.15) is 0 Å². The van der Waals surface area contributed by atoms with E-state index in [9.17, 15) is 19.1 Å². The van der Waals surface area contributed by atoms with Crippen molar-refractivity contribution in [1.82, 2.24) is 9.55 Å². The lowest BCUT2D eigenvalue weighted by molar-refractivity contribution is -0.0226. The Balaban J connectivity index is 2.36. The van der Waals surface area contributed by atoms with Crippen molar-refractivity contribution in [3.8, 4) is 0 Å². The number of halogens is 1. The highest BCUT2D eigenvalue weighted by Crippen LogP contribution is 2.31. The van der Waals surface area contributed by atoms with Crippen LogP contribution in [0.1, 0.15) is 18.7 Å². The van der Waals surface area contributed by atoms with Crippen LogP contribution < -0.4 is 11.2 Å². The molecule has 0 amide bonds. The summed E-state index contributed by atoms with van der Waals surface area (Å²) in [6.07, 6.45) is -4.27. The monoisotopic (exact) mass is 299 g/mol. The average molecular weight is 299 g/mol. The van der Waals surface area contributed by atoms with E-state index in [4.69, 9.17) is 10.3 Å². The normalized spacial score (nSPS) is 28.3. The van der Waals surface area contributed by atoms with Crippen molar-refractivity contribution in [2.24, 2.45) is 5.11 Å². The number of hydrogen-bond donors (Lipinski definition) is 2. The van der Waals surface area contributed by atoms with Crippen LogP contribution in [-0.4, -0.2) is 39.6 Å². The van der Waals surface area contributed by atoms with E-state index in [1.807, 2.05) is 0 Å². The van der Waals surface area contributed by atoms with Crippen LogP contribution in [0.4, 0.5) is 4.39 Å². The van der Waals surface area contributed by atoms with E-state index in [1.54, 1.807) is 6.92 Å². The molecule has 21 heavy (non-hydrogen) atoms. The molecule has 2 heterocycles. The molecule has 0 unspecified atom stereocenters. The number of aliphatic hydroxyl groups excluding tert-OH is 1. The molecule has 0 bridgehead atoms. The summed E-state index contributed by atoms with van der Waals surface area (Å²) in [5.74, 6) is 0. The number of aromatic amines is 1. The Hall–Kier alpha value is -2.16. The molecule has 2 rings (SSSR count). The summed E-state index contributed by atoms with van der Waals surface area (Å²) in [4.78, 5) is 27.8. The number of aromatic nitrogens is 2. The van der Waals surface area contributed by atoms with E-state index in [0.29, 0.717) is 12.0 Å². The minimum atomic E-state index is -1.88. The number of nitrogens with one attached hydrogen (secondary N) is 1. The van der Waals surface area contributed by atoms with Gasteiger partial charge in [0.2, 0.25) is 0 Å². The molecular weight excluding hydrogens is 285 g/mol. The number of nitrogens with zero attached hydrogens (tertiary/aromatic N) is 4. The Kier molecular flexibility index (Phi) is 4.41. The van der Waals surface area contributed by atoms with Gasteiger partial charge >= 0.3 is 5.69 Å². The fraction of sp³-hybridized carbons (Fsp3) is 0.636. The number of ether oxygens (including phenoxy) is 1. The molecule has 4 atom stereocenters. The molecule has 2 N–H and O–H groups in total. The van der Waals surface area contributed by atoms with Crippen LogP contribution in [-0.2, 0) is 11.2 Å². The average Bonchev–Trinajstić information content (AvgIpc) is 2.73. The predicted molar refractivity (Wildman–Crippen MR) is 69.5 cm³/mol. The first-order valence-corrected chi connectivity index (χ1v) is 6.32. The topological polar surface area (TPSA) is 133 Å². The summed E-state index contributed by atoms with van der Waals surface area (Å²) < 4.78 is 20.2. The van der Waals surface area contributed by atoms with Crippen molar-refractivity contribution in [1.29, 1.82) is 0 Å². The minimum absolute atomic E-state index is 0.257. The molecule has 0 radical (unpaired) electrons. The molecule has 9 nitrogen and oxygen atoms in total. The van der Waals surface area contributed by atoms with Gasteiger partial charge in [-0.25, -0.2) is 9.18 Å². The van der Waals surface area contributed by atoms with Crippen molar-refractivity contribution >= 4 is 0 Å². The number of hydrogen-bond acceptors (Lipinski definition) is 5. The van der Waals surface area contributed by atoms with E-state index in [0.717, 1.165) is 4.57 Å². The summed E-state index contributed by atoms with van der Waals surface area (Å²) in [7, 11) is 0. The molecule has 10 heteroatoms. The lowest BCUT2D eigenvalue weighted by atomic mass is 10.1. The van der Waals surface area contributed by atoms with Crippen molar-refractivity contribution in [2.75, 3.05) is 6.54 Å².